The Morgan fingerprint density at radius 1 is 0.943 bits per heavy atom. The lowest BCUT2D eigenvalue weighted by molar-refractivity contribution is 0.0548. The molecular weight excluding hydrogens is 442 g/mol. The fourth-order valence-electron chi connectivity index (χ4n) is 4.35. The summed E-state index contributed by atoms with van der Waals surface area (Å²) in [7, 11) is 0. The summed E-state index contributed by atoms with van der Waals surface area (Å²) in [6.45, 7) is 1.96. The van der Waals surface area contributed by atoms with E-state index in [9.17, 15) is 9.59 Å². The minimum Gasteiger partial charge on any atom is -0.388 e. The van der Waals surface area contributed by atoms with Crippen molar-refractivity contribution in [3.63, 3.8) is 0 Å². The van der Waals surface area contributed by atoms with Gasteiger partial charge in [0.2, 0.25) is 0 Å². The highest BCUT2D eigenvalue weighted by Gasteiger charge is 2.25. The van der Waals surface area contributed by atoms with Crippen molar-refractivity contribution in [2.45, 2.75) is 6.54 Å². The number of aliphatic hydroxyl groups is 1. The number of nitrogens with one attached hydrogen (secondary N) is 1. The van der Waals surface area contributed by atoms with Crippen molar-refractivity contribution >= 4 is 28.4 Å². The van der Waals surface area contributed by atoms with Gasteiger partial charge in [-0.15, -0.1) is 0 Å². The van der Waals surface area contributed by atoms with Gasteiger partial charge in [-0.25, -0.2) is 4.79 Å². The van der Waals surface area contributed by atoms with Gasteiger partial charge in [0.15, 0.2) is 5.78 Å². The summed E-state index contributed by atoms with van der Waals surface area (Å²) >= 11 is 0. The van der Waals surface area contributed by atoms with Crippen LogP contribution >= 0.6 is 0 Å². The first-order valence-electron chi connectivity index (χ1n) is 11.7. The monoisotopic (exact) mass is 469 g/mol. The van der Waals surface area contributed by atoms with Gasteiger partial charge in [0.25, 0.3) is 0 Å². The van der Waals surface area contributed by atoms with Crippen molar-refractivity contribution in [2.75, 3.05) is 37.8 Å². The minimum absolute atomic E-state index is 0.0826. The number of aromatic nitrogens is 1. The van der Waals surface area contributed by atoms with E-state index >= 15 is 0 Å². The first kappa shape index (κ1) is 22.8. The van der Waals surface area contributed by atoms with Crippen molar-refractivity contribution in [1.29, 1.82) is 0 Å². The van der Waals surface area contributed by atoms with Crippen molar-refractivity contribution in [3.05, 3.63) is 90.1 Å². The van der Waals surface area contributed by atoms with Gasteiger partial charge in [-0.3, -0.25) is 9.69 Å². The maximum Gasteiger partial charge on any atom is 0.324 e. The molecule has 2 amide bonds. The standard InChI is InChI=1S/C28H27N3O4/c32-19-27(33)22-6-4-20(5-7-22)18-31(28(34)30-12-14-35-15-13-30)25-3-1-2-23(16-25)24-9-8-21-10-11-29-26(21)17-24/h1-11,16-17,29,32H,12-15,18-19H2. The second kappa shape index (κ2) is 10.1. The number of aromatic amines is 1. The van der Waals surface area contributed by atoms with Crippen LogP contribution in [0, 0.1) is 0 Å². The zero-order chi connectivity index (χ0) is 24.2. The van der Waals surface area contributed by atoms with Gasteiger partial charge >= 0.3 is 6.03 Å². The van der Waals surface area contributed by atoms with Crippen LogP contribution < -0.4 is 4.90 Å². The highest BCUT2D eigenvalue weighted by Crippen LogP contribution is 2.29. The van der Waals surface area contributed by atoms with Gasteiger partial charge in [-0.2, -0.15) is 0 Å². The second-order valence-electron chi connectivity index (χ2n) is 8.58. The van der Waals surface area contributed by atoms with E-state index in [1.54, 1.807) is 17.0 Å². The summed E-state index contributed by atoms with van der Waals surface area (Å²) in [5.41, 5.74) is 5.27. The number of carbonyl (C=O) groups excluding carboxylic acids is 2. The second-order valence-corrected chi connectivity index (χ2v) is 8.58. The Kier molecular flexibility index (Phi) is 6.61. The predicted molar refractivity (Wildman–Crippen MR) is 136 cm³/mol. The van der Waals surface area contributed by atoms with E-state index in [2.05, 4.69) is 23.2 Å². The number of carbonyl (C=O) groups is 2. The smallest absolute Gasteiger partial charge is 0.324 e. The molecule has 0 aliphatic carbocycles. The van der Waals surface area contributed by atoms with Crippen LogP contribution in [0.25, 0.3) is 22.0 Å². The van der Waals surface area contributed by atoms with E-state index in [-0.39, 0.29) is 11.8 Å². The van der Waals surface area contributed by atoms with Crippen LogP contribution in [0.3, 0.4) is 0 Å². The number of Topliss-reactive ketones (excluding diaryl/α,β-unsaturated/α-hetero) is 1. The molecule has 5 rings (SSSR count). The third-order valence-electron chi connectivity index (χ3n) is 6.32. The van der Waals surface area contributed by atoms with E-state index in [1.165, 1.54) is 0 Å². The molecule has 1 aliphatic rings. The molecule has 0 radical (unpaired) electrons. The van der Waals surface area contributed by atoms with E-state index in [4.69, 9.17) is 9.84 Å². The molecule has 178 valence electrons. The molecule has 0 spiro atoms. The number of rotatable bonds is 6. The number of anilines is 1. The number of aliphatic hydroxyl groups excluding tert-OH is 1. The molecule has 1 fully saturated rings. The lowest BCUT2D eigenvalue weighted by Crippen LogP contribution is -2.48. The minimum atomic E-state index is -0.526. The van der Waals surface area contributed by atoms with Crippen molar-refractivity contribution in [3.8, 4) is 11.1 Å². The number of hydrogen-bond acceptors (Lipinski definition) is 4. The first-order valence-corrected chi connectivity index (χ1v) is 11.7. The summed E-state index contributed by atoms with van der Waals surface area (Å²) in [6.07, 6.45) is 1.92. The number of nitrogens with zero attached hydrogens (tertiary/aromatic N) is 2. The summed E-state index contributed by atoms with van der Waals surface area (Å²) in [5, 5.41) is 10.3. The van der Waals surface area contributed by atoms with Crippen molar-refractivity contribution in [2.24, 2.45) is 0 Å². The topological polar surface area (TPSA) is 85.9 Å². The van der Waals surface area contributed by atoms with E-state index in [0.717, 1.165) is 33.3 Å². The third-order valence-corrected chi connectivity index (χ3v) is 6.32. The normalized spacial score (nSPS) is 13.7. The summed E-state index contributed by atoms with van der Waals surface area (Å²) in [4.78, 5) is 32.2. The maximum atomic E-state index is 13.6. The van der Waals surface area contributed by atoms with Crippen LogP contribution in [-0.4, -0.2) is 59.7 Å². The molecular formula is C28H27N3O4. The van der Waals surface area contributed by atoms with Crippen LogP contribution in [0.2, 0.25) is 0 Å². The number of hydrogen-bond donors (Lipinski definition) is 2. The lowest BCUT2D eigenvalue weighted by Gasteiger charge is -2.33. The molecule has 35 heavy (non-hydrogen) atoms. The van der Waals surface area contributed by atoms with Crippen LogP contribution in [-0.2, 0) is 11.3 Å². The average Bonchev–Trinajstić information content (AvgIpc) is 3.40. The number of ketones is 1. The Morgan fingerprint density at radius 2 is 1.71 bits per heavy atom. The molecule has 3 aromatic carbocycles. The Hall–Kier alpha value is -3.94. The zero-order valence-electron chi connectivity index (χ0n) is 19.3. The molecule has 0 atom stereocenters. The van der Waals surface area contributed by atoms with Gasteiger partial charge in [-0.05, 0) is 46.3 Å². The van der Waals surface area contributed by atoms with Crippen molar-refractivity contribution < 1.29 is 19.4 Å². The quantitative estimate of drug-likeness (QED) is 0.408. The predicted octanol–water partition coefficient (Wildman–Crippen LogP) is 4.47. The number of morpholine rings is 1. The zero-order valence-corrected chi connectivity index (χ0v) is 19.3. The number of benzene rings is 3. The van der Waals surface area contributed by atoms with E-state index in [0.29, 0.717) is 38.4 Å². The molecule has 1 aromatic heterocycles. The van der Waals surface area contributed by atoms with Gasteiger partial charge in [0.05, 0.1) is 19.8 Å². The fourth-order valence-corrected chi connectivity index (χ4v) is 4.35. The van der Waals surface area contributed by atoms with Crippen LogP contribution in [0.4, 0.5) is 10.5 Å². The summed E-state index contributed by atoms with van der Waals surface area (Å²) in [5.74, 6) is -0.329. The third kappa shape index (κ3) is 4.96. The summed E-state index contributed by atoms with van der Waals surface area (Å²) in [6, 6.07) is 23.2. The first-order chi connectivity index (χ1) is 17.1. The van der Waals surface area contributed by atoms with Gasteiger partial charge in [0, 0.05) is 36.1 Å². The van der Waals surface area contributed by atoms with Crippen LogP contribution in [0.5, 0.6) is 0 Å². The number of H-pyrrole nitrogens is 1. The lowest BCUT2D eigenvalue weighted by atomic mass is 10.0. The SMILES string of the molecule is O=C(CO)c1ccc(CN(C(=O)N2CCOCC2)c2cccc(-c3ccc4cc[nH]c4c3)c2)cc1. The molecule has 4 aromatic rings. The highest BCUT2D eigenvalue weighted by atomic mass is 16.5. The van der Waals surface area contributed by atoms with Gasteiger partial charge in [0.1, 0.15) is 6.61 Å². The number of amides is 2. The molecule has 0 saturated carbocycles. The van der Waals surface area contributed by atoms with Gasteiger partial charge < -0.3 is 19.7 Å². The molecule has 2 heterocycles. The van der Waals surface area contributed by atoms with Crippen molar-refractivity contribution in [1.82, 2.24) is 9.88 Å². The van der Waals surface area contributed by atoms with E-state index in [1.807, 2.05) is 53.6 Å². The number of fused-ring (bicyclic) bond motifs is 1. The Balaban J connectivity index is 1.47. The Morgan fingerprint density at radius 3 is 2.49 bits per heavy atom. The summed E-state index contributed by atoms with van der Waals surface area (Å²) < 4.78 is 5.44. The molecule has 7 heteroatoms. The van der Waals surface area contributed by atoms with E-state index < -0.39 is 6.61 Å². The average molecular weight is 470 g/mol. The molecule has 1 saturated heterocycles. The highest BCUT2D eigenvalue weighted by molar-refractivity contribution is 5.97. The molecule has 7 nitrogen and oxygen atoms in total. The molecule has 1 aliphatic heterocycles. The van der Waals surface area contributed by atoms with Gasteiger partial charge in [-0.1, -0.05) is 48.5 Å². The fraction of sp³-hybridized carbons (Fsp3) is 0.214. The Labute approximate surface area is 203 Å². The largest absolute Gasteiger partial charge is 0.388 e. The Bertz CT molecular complexity index is 1340. The number of urea groups is 1. The van der Waals surface area contributed by atoms with Crippen LogP contribution in [0.15, 0.2) is 79.0 Å². The molecule has 0 unspecified atom stereocenters. The molecule has 2 N–H and O–H groups in total. The maximum absolute atomic E-state index is 13.6. The molecule has 0 bridgehead atoms. The number of ether oxygens (including phenoxy) is 1. The van der Waals surface area contributed by atoms with Crippen LogP contribution in [0.1, 0.15) is 15.9 Å².